The Bertz CT molecular complexity index is 358. The quantitative estimate of drug-likeness (QED) is 0.731. The van der Waals surface area contributed by atoms with Crippen LogP contribution in [0, 0.1) is 0 Å². The van der Waals surface area contributed by atoms with Crippen LogP contribution in [0.5, 0.6) is 0 Å². The van der Waals surface area contributed by atoms with Crippen molar-refractivity contribution in [2.75, 3.05) is 13.6 Å². The van der Waals surface area contributed by atoms with E-state index >= 15 is 0 Å². The van der Waals surface area contributed by atoms with E-state index in [0.717, 1.165) is 45.0 Å². The number of hydrogen-bond acceptors (Lipinski definition) is 4. The van der Waals surface area contributed by atoms with Crippen molar-refractivity contribution in [3.8, 4) is 0 Å². The summed E-state index contributed by atoms with van der Waals surface area (Å²) >= 11 is 0. The SMILES string of the molecule is CN(CCCB1OC(C)(C)C(C)(C)O1)C1CCC(=O)CC1. The maximum absolute atomic E-state index is 11.3. The summed E-state index contributed by atoms with van der Waals surface area (Å²) in [6, 6.07) is 0.570. The van der Waals surface area contributed by atoms with Crippen LogP contribution in [0.25, 0.3) is 0 Å². The van der Waals surface area contributed by atoms with E-state index in [1.807, 2.05) is 0 Å². The smallest absolute Gasteiger partial charge is 0.403 e. The Balaban J connectivity index is 1.69. The van der Waals surface area contributed by atoms with Gasteiger partial charge in [0.2, 0.25) is 0 Å². The van der Waals surface area contributed by atoms with Gasteiger partial charge in [-0.15, -0.1) is 0 Å². The van der Waals surface area contributed by atoms with Crippen molar-refractivity contribution in [1.29, 1.82) is 0 Å². The molecule has 0 radical (unpaired) electrons. The first-order chi connectivity index (χ1) is 9.71. The van der Waals surface area contributed by atoms with Crippen LogP contribution in [0.15, 0.2) is 0 Å². The molecule has 1 saturated heterocycles. The lowest BCUT2D eigenvalue weighted by Gasteiger charge is -2.32. The summed E-state index contributed by atoms with van der Waals surface area (Å²) in [5.41, 5.74) is -0.458. The number of nitrogens with zero attached hydrogens (tertiary/aromatic N) is 1. The molecule has 4 nitrogen and oxygen atoms in total. The molecule has 120 valence electrons. The van der Waals surface area contributed by atoms with Crippen LogP contribution in [0.4, 0.5) is 0 Å². The molecular formula is C16H30BNO3. The molecule has 0 amide bonds. The van der Waals surface area contributed by atoms with Crippen LogP contribution < -0.4 is 0 Å². The zero-order valence-electron chi connectivity index (χ0n) is 14.3. The van der Waals surface area contributed by atoms with Crippen LogP contribution in [-0.4, -0.2) is 48.6 Å². The molecule has 0 spiro atoms. The highest BCUT2D eigenvalue weighted by Gasteiger charge is 2.50. The molecular weight excluding hydrogens is 265 g/mol. The van der Waals surface area contributed by atoms with Crippen LogP contribution in [0.3, 0.4) is 0 Å². The van der Waals surface area contributed by atoms with Crippen molar-refractivity contribution >= 4 is 12.9 Å². The molecule has 0 atom stereocenters. The lowest BCUT2D eigenvalue weighted by molar-refractivity contribution is -0.121. The summed E-state index contributed by atoms with van der Waals surface area (Å²) in [4.78, 5) is 13.7. The third-order valence-electron chi connectivity index (χ3n) is 5.39. The first-order valence-electron chi connectivity index (χ1n) is 8.29. The fraction of sp³-hybridized carbons (Fsp3) is 0.938. The molecule has 1 saturated carbocycles. The van der Waals surface area contributed by atoms with E-state index in [9.17, 15) is 4.79 Å². The van der Waals surface area contributed by atoms with Crippen LogP contribution in [0.2, 0.25) is 6.32 Å². The molecule has 1 aliphatic carbocycles. The molecule has 0 N–H and O–H groups in total. The van der Waals surface area contributed by atoms with Gasteiger partial charge in [-0.25, -0.2) is 0 Å². The number of Topliss-reactive ketones (excluding diaryl/α,β-unsaturated/α-hetero) is 1. The zero-order chi connectivity index (χ0) is 15.7. The average molecular weight is 295 g/mol. The summed E-state index contributed by atoms with van der Waals surface area (Å²) in [7, 11) is 2.08. The number of rotatable bonds is 5. The van der Waals surface area contributed by atoms with Crippen molar-refractivity contribution in [3.63, 3.8) is 0 Å². The lowest BCUT2D eigenvalue weighted by Crippen LogP contribution is -2.41. The van der Waals surface area contributed by atoms with Crippen molar-refractivity contribution in [2.24, 2.45) is 0 Å². The molecule has 5 heteroatoms. The number of ketones is 1. The number of carbonyl (C=O) groups excluding carboxylic acids is 1. The van der Waals surface area contributed by atoms with Crippen molar-refractivity contribution in [3.05, 3.63) is 0 Å². The first kappa shape index (κ1) is 17.0. The molecule has 2 rings (SSSR count). The zero-order valence-corrected chi connectivity index (χ0v) is 14.3. The van der Waals surface area contributed by atoms with Gasteiger partial charge in [0.25, 0.3) is 0 Å². The maximum Gasteiger partial charge on any atom is 0.457 e. The molecule has 21 heavy (non-hydrogen) atoms. The van der Waals surface area contributed by atoms with Gasteiger partial charge in [0.1, 0.15) is 5.78 Å². The number of hydrogen-bond donors (Lipinski definition) is 0. The van der Waals surface area contributed by atoms with Gasteiger partial charge in [0, 0.05) is 18.9 Å². The van der Waals surface area contributed by atoms with E-state index in [0.29, 0.717) is 11.8 Å². The van der Waals surface area contributed by atoms with Crippen LogP contribution in [-0.2, 0) is 14.1 Å². The second-order valence-electron chi connectivity index (χ2n) is 7.58. The Hall–Kier alpha value is -0.385. The van der Waals surface area contributed by atoms with E-state index in [4.69, 9.17) is 9.31 Å². The summed E-state index contributed by atoms with van der Waals surface area (Å²) < 4.78 is 12.0. The predicted octanol–water partition coefficient (Wildman–Crippen LogP) is 2.91. The van der Waals surface area contributed by atoms with E-state index in [2.05, 4.69) is 39.6 Å². The van der Waals surface area contributed by atoms with E-state index in [-0.39, 0.29) is 18.3 Å². The van der Waals surface area contributed by atoms with Gasteiger partial charge >= 0.3 is 7.12 Å². The molecule has 1 aliphatic heterocycles. The minimum atomic E-state index is -0.229. The van der Waals surface area contributed by atoms with Gasteiger partial charge in [-0.05, 0) is 66.9 Å². The maximum atomic E-state index is 11.3. The minimum Gasteiger partial charge on any atom is -0.403 e. The monoisotopic (exact) mass is 295 g/mol. The largest absolute Gasteiger partial charge is 0.457 e. The Morgan fingerprint density at radius 3 is 2.19 bits per heavy atom. The second kappa shape index (κ2) is 6.39. The summed E-state index contributed by atoms with van der Waals surface area (Å²) in [5.74, 6) is 0.428. The highest BCUT2D eigenvalue weighted by atomic mass is 16.7. The average Bonchev–Trinajstić information content (AvgIpc) is 2.58. The Morgan fingerprint density at radius 1 is 1.14 bits per heavy atom. The Morgan fingerprint density at radius 2 is 1.67 bits per heavy atom. The fourth-order valence-corrected chi connectivity index (χ4v) is 3.14. The normalized spacial score (nSPS) is 25.8. The van der Waals surface area contributed by atoms with Gasteiger partial charge in [0.15, 0.2) is 0 Å². The summed E-state index contributed by atoms with van der Waals surface area (Å²) in [6.07, 6.45) is 5.55. The molecule has 0 aromatic carbocycles. The third kappa shape index (κ3) is 4.08. The van der Waals surface area contributed by atoms with Gasteiger partial charge in [-0.2, -0.15) is 0 Å². The Labute approximate surface area is 129 Å². The molecule has 0 bridgehead atoms. The molecule has 0 aromatic rings. The lowest BCUT2D eigenvalue weighted by atomic mass is 9.83. The van der Waals surface area contributed by atoms with Gasteiger partial charge in [0.05, 0.1) is 11.2 Å². The van der Waals surface area contributed by atoms with Gasteiger partial charge in [-0.1, -0.05) is 0 Å². The van der Waals surface area contributed by atoms with Gasteiger partial charge < -0.3 is 14.2 Å². The van der Waals surface area contributed by atoms with E-state index in [1.54, 1.807) is 0 Å². The summed E-state index contributed by atoms with van der Waals surface area (Å²) in [6.45, 7) is 9.43. The second-order valence-corrected chi connectivity index (χ2v) is 7.58. The summed E-state index contributed by atoms with van der Waals surface area (Å²) in [5, 5.41) is 0. The highest BCUT2D eigenvalue weighted by molar-refractivity contribution is 6.45. The molecule has 2 fully saturated rings. The standard InChI is InChI=1S/C16H30BNO3/c1-15(2)16(3,4)21-17(20-15)11-6-12-18(5)13-7-9-14(19)10-8-13/h13H,6-12H2,1-5H3. The Kier molecular flexibility index (Phi) is 5.17. The first-order valence-corrected chi connectivity index (χ1v) is 8.29. The molecule has 0 aromatic heterocycles. The third-order valence-corrected chi connectivity index (χ3v) is 5.39. The van der Waals surface area contributed by atoms with Crippen LogP contribution in [0.1, 0.15) is 59.8 Å². The highest BCUT2D eigenvalue weighted by Crippen LogP contribution is 2.38. The van der Waals surface area contributed by atoms with Crippen molar-refractivity contribution in [2.45, 2.75) is 83.4 Å². The topological polar surface area (TPSA) is 38.8 Å². The minimum absolute atomic E-state index is 0.0867. The van der Waals surface area contributed by atoms with E-state index < -0.39 is 0 Å². The van der Waals surface area contributed by atoms with E-state index in [1.165, 1.54) is 0 Å². The predicted molar refractivity (Wildman–Crippen MR) is 85.4 cm³/mol. The van der Waals surface area contributed by atoms with Gasteiger partial charge in [-0.3, -0.25) is 4.79 Å². The van der Waals surface area contributed by atoms with Crippen molar-refractivity contribution in [1.82, 2.24) is 4.90 Å². The van der Waals surface area contributed by atoms with Crippen LogP contribution >= 0.6 is 0 Å². The van der Waals surface area contributed by atoms with Crippen molar-refractivity contribution < 1.29 is 14.1 Å². The fourth-order valence-electron chi connectivity index (χ4n) is 3.14. The molecule has 1 heterocycles. The molecule has 2 aliphatic rings. The molecule has 0 unspecified atom stereocenters. The number of carbonyl (C=O) groups is 1.